The zero-order chi connectivity index (χ0) is 22.0. The average Bonchev–Trinajstić information content (AvgIpc) is 2.89. The fourth-order valence-electron chi connectivity index (χ4n) is 4.48. The van der Waals surface area contributed by atoms with Crippen LogP contribution < -0.4 is 10.6 Å². The summed E-state index contributed by atoms with van der Waals surface area (Å²) in [6.45, 7) is 6.69. The summed E-state index contributed by atoms with van der Waals surface area (Å²) in [7, 11) is -0.530. The molecule has 1 saturated carbocycles. The minimum Gasteiger partial charge on any atom is -0.335 e. The van der Waals surface area contributed by atoms with Crippen molar-refractivity contribution in [3.8, 4) is 23.2 Å². The number of nitrogens with zero attached hydrogens (tertiary/aromatic N) is 2. The molecule has 0 amide bonds. The largest absolute Gasteiger partial charge is 0.335 e. The maximum atomic E-state index is 8.03. The summed E-state index contributed by atoms with van der Waals surface area (Å²) in [6, 6.07) is 4.69. The van der Waals surface area contributed by atoms with Crippen LogP contribution in [-0.4, -0.2) is 15.8 Å². The monoisotopic (exact) mass is 431 g/mol. The highest BCUT2D eigenvalue weighted by molar-refractivity contribution is 7.85. The van der Waals surface area contributed by atoms with E-state index in [4.69, 9.17) is 9.76 Å². The van der Waals surface area contributed by atoms with Gasteiger partial charge >= 0.3 is 0 Å². The van der Waals surface area contributed by atoms with Crippen LogP contribution in [0.4, 0.5) is 0 Å². The van der Waals surface area contributed by atoms with Gasteiger partial charge in [-0.05, 0) is 75.5 Å². The Morgan fingerprint density at radius 2 is 2.06 bits per heavy atom. The molecule has 1 atom stereocenters. The van der Waals surface area contributed by atoms with Crippen molar-refractivity contribution in [3.63, 3.8) is 0 Å². The van der Waals surface area contributed by atoms with Gasteiger partial charge in [0.05, 0.1) is 22.3 Å². The van der Waals surface area contributed by atoms with Crippen LogP contribution in [0.25, 0.3) is 23.5 Å². The first-order chi connectivity index (χ1) is 15.0. The quantitative estimate of drug-likeness (QED) is 0.625. The Labute approximate surface area is 188 Å². The van der Waals surface area contributed by atoms with Gasteiger partial charge in [0.1, 0.15) is 0 Å². The van der Waals surface area contributed by atoms with Crippen LogP contribution in [0.2, 0.25) is 0 Å². The van der Waals surface area contributed by atoms with Gasteiger partial charge in [-0.15, -0.1) is 0 Å². The summed E-state index contributed by atoms with van der Waals surface area (Å²) >= 11 is 0. The van der Waals surface area contributed by atoms with E-state index in [9.17, 15) is 0 Å². The van der Waals surface area contributed by atoms with Gasteiger partial charge in [0.25, 0.3) is 0 Å². The first kappa shape index (κ1) is 21.8. The molecule has 2 aromatic heterocycles. The minimum absolute atomic E-state index is 0.518. The Balaban J connectivity index is 2.03. The molecular weight excluding hydrogens is 398 g/mol. The fraction of sp³-hybridized carbons (Fsp3) is 0.444. The summed E-state index contributed by atoms with van der Waals surface area (Å²) < 4.78 is 10.6. The zero-order valence-electron chi connectivity index (χ0n) is 19.2. The molecule has 4 rings (SSSR count). The molecule has 162 valence electrons. The summed E-state index contributed by atoms with van der Waals surface area (Å²) in [5.41, 5.74) is 6.19. The Morgan fingerprint density at radius 3 is 2.65 bits per heavy atom. The average molecular weight is 432 g/mol. The van der Waals surface area contributed by atoms with E-state index in [0.717, 1.165) is 41.8 Å². The standard InChI is InChI=1S/C27H33N3S/c1-5-7-8-12-24-23-15-13-20(6-2)19(3)17-26(23)30(21-10-9-11-21)27(24)25-16-14-22(18-29-25)31(4)28/h14-18,21,28H,5-7,9-11,13H2,1-4H3. The number of unbranched alkanes of at least 4 members (excludes halogenated alkanes) is 1. The normalized spacial score (nSPS) is 16.9. The topological polar surface area (TPSA) is 41.7 Å². The summed E-state index contributed by atoms with van der Waals surface area (Å²) in [5, 5.41) is 2.60. The van der Waals surface area contributed by atoms with Crippen LogP contribution in [0, 0.1) is 16.6 Å². The molecule has 3 nitrogen and oxygen atoms in total. The minimum atomic E-state index is -0.530. The first-order valence-electron chi connectivity index (χ1n) is 11.5. The molecule has 1 unspecified atom stereocenters. The van der Waals surface area contributed by atoms with Gasteiger partial charge in [0, 0.05) is 28.8 Å². The van der Waals surface area contributed by atoms with E-state index >= 15 is 0 Å². The van der Waals surface area contributed by atoms with Gasteiger partial charge in [-0.25, -0.2) is 0 Å². The van der Waals surface area contributed by atoms with Crippen molar-refractivity contribution in [3.05, 3.63) is 45.6 Å². The number of pyridine rings is 1. The van der Waals surface area contributed by atoms with Crippen molar-refractivity contribution in [1.29, 1.82) is 4.78 Å². The summed E-state index contributed by atoms with van der Waals surface area (Å²) in [5.74, 6) is 6.98. The van der Waals surface area contributed by atoms with Crippen LogP contribution in [0.5, 0.6) is 0 Å². The van der Waals surface area contributed by atoms with Crippen molar-refractivity contribution < 1.29 is 0 Å². The number of rotatable bonds is 5. The smallest absolute Gasteiger partial charge is 0.0880 e. The molecule has 2 aliphatic rings. The van der Waals surface area contributed by atoms with Crippen molar-refractivity contribution in [2.45, 2.75) is 76.7 Å². The fourth-order valence-corrected chi connectivity index (χ4v) is 4.96. The highest BCUT2D eigenvalue weighted by atomic mass is 32.2. The van der Waals surface area contributed by atoms with Crippen LogP contribution >= 0.6 is 0 Å². The molecule has 0 aromatic carbocycles. The summed E-state index contributed by atoms with van der Waals surface area (Å²) in [4.78, 5) is 5.82. The zero-order valence-corrected chi connectivity index (χ0v) is 20.0. The number of allylic oxidation sites excluding steroid dienone is 2. The first-order valence-corrected chi connectivity index (χ1v) is 13.2. The van der Waals surface area contributed by atoms with E-state index in [1.807, 2.05) is 12.5 Å². The van der Waals surface area contributed by atoms with Crippen LogP contribution in [0.15, 0.2) is 34.4 Å². The molecule has 0 aliphatic heterocycles. The number of aromatic nitrogens is 2. The Morgan fingerprint density at radius 1 is 1.26 bits per heavy atom. The number of hydrogen-bond acceptors (Lipinski definition) is 2. The van der Waals surface area contributed by atoms with E-state index < -0.39 is 10.7 Å². The van der Waals surface area contributed by atoms with E-state index in [-0.39, 0.29) is 0 Å². The van der Waals surface area contributed by atoms with Crippen molar-refractivity contribution in [1.82, 2.24) is 9.55 Å². The Hall–Kier alpha value is -2.38. The van der Waals surface area contributed by atoms with Gasteiger partial charge in [0.2, 0.25) is 0 Å². The van der Waals surface area contributed by atoms with Crippen LogP contribution in [-0.2, 0) is 10.7 Å². The van der Waals surface area contributed by atoms with Gasteiger partial charge in [0.15, 0.2) is 0 Å². The summed E-state index contributed by atoms with van der Waals surface area (Å²) in [6.07, 6.45) is 16.4. The van der Waals surface area contributed by atoms with Gasteiger partial charge < -0.3 is 4.57 Å². The number of nitrogens with one attached hydrogen (secondary N) is 1. The van der Waals surface area contributed by atoms with E-state index in [1.54, 1.807) is 0 Å². The Bertz CT molecular complexity index is 1210. The molecule has 2 heterocycles. The predicted molar refractivity (Wildman–Crippen MR) is 132 cm³/mol. The lowest BCUT2D eigenvalue weighted by atomic mass is 9.92. The lowest BCUT2D eigenvalue weighted by Crippen LogP contribution is -2.34. The molecule has 2 aromatic rings. The third-order valence-corrected chi connectivity index (χ3v) is 7.48. The third-order valence-electron chi connectivity index (χ3n) is 6.53. The van der Waals surface area contributed by atoms with Gasteiger partial charge in [-0.2, -0.15) is 0 Å². The second kappa shape index (κ2) is 9.40. The molecule has 2 aliphatic carbocycles. The second-order valence-corrected chi connectivity index (χ2v) is 10.1. The molecule has 0 radical (unpaired) electrons. The van der Waals surface area contributed by atoms with Crippen molar-refractivity contribution in [2.24, 2.45) is 0 Å². The lowest BCUT2D eigenvalue weighted by Gasteiger charge is -2.29. The van der Waals surface area contributed by atoms with E-state index in [1.165, 1.54) is 46.7 Å². The molecule has 0 spiro atoms. The van der Waals surface area contributed by atoms with Gasteiger partial charge in [-0.3, -0.25) is 9.76 Å². The van der Waals surface area contributed by atoms with Crippen LogP contribution in [0.1, 0.15) is 77.3 Å². The molecule has 4 heteroatoms. The maximum Gasteiger partial charge on any atom is 0.0880 e. The van der Waals surface area contributed by atoms with E-state index in [2.05, 4.69) is 61.5 Å². The van der Waals surface area contributed by atoms with Crippen molar-refractivity contribution in [2.75, 3.05) is 6.26 Å². The maximum absolute atomic E-state index is 8.03. The van der Waals surface area contributed by atoms with E-state index in [0.29, 0.717) is 6.04 Å². The SMILES string of the molecule is CCCC#Cc1c(-c2ccc(S(C)=N)cn2)n(C2CCC2)c2c1=CCC(CC)=C(C)C=2. The highest BCUT2D eigenvalue weighted by Crippen LogP contribution is 2.35. The van der Waals surface area contributed by atoms with Crippen molar-refractivity contribution >= 4 is 22.8 Å². The molecule has 1 N–H and O–H groups in total. The molecule has 1 fully saturated rings. The molecule has 31 heavy (non-hydrogen) atoms. The van der Waals surface area contributed by atoms with Crippen LogP contribution in [0.3, 0.4) is 0 Å². The molecule has 0 bridgehead atoms. The highest BCUT2D eigenvalue weighted by Gasteiger charge is 2.27. The molecule has 0 saturated heterocycles. The number of hydrogen-bond donors (Lipinski definition) is 1. The lowest BCUT2D eigenvalue weighted by molar-refractivity contribution is 0.311. The van der Waals surface area contributed by atoms with Gasteiger partial charge in [-0.1, -0.05) is 48.0 Å². The second-order valence-electron chi connectivity index (χ2n) is 8.61. The molecular formula is C27H33N3S. The Kier molecular flexibility index (Phi) is 6.62. The predicted octanol–water partition coefficient (Wildman–Crippen LogP) is 5.49. The third kappa shape index (κ3) is 4.21. The number of fused-ring (bicyclic) bond motifs is 1.